The summed E-state index contributed by atoms with van der Waals surface area (Å²) in [6.45, 7) is 0.880. The van der Waals surface area contributed by atoms with Crippen molar-refractivity contribution in [2.75, 3.05) is 13.6 Å². The van der Waals surface area contributed by atoms with Gasteiger partial charge in [0.2, 0.25) is 5.91 Å². The van der Waals surface area contributed by atoms with Crippen molar-refractivity contribution in [3.63, 3.8) is 0 Å². The molecule has 2 aliphatic carbocycles. The Hall–Kier alpha value is -1.35. The van der Waals surface area contributed by atoms with Crippen LogP contribution in [0.25, 0.3) is 0 Å². The Morgan fingerprint density at radius 3 is 2.58 bits per heavy atom. The van der Waals surface area contributed by atoms with E-state index in [-0.39, 0.29) is 5.92 Å². The Balaban J connectivity index is 1.52. The molecule has 2 N–H and O–H groups in total. The van der Waals surface area contributed by atoms with E-state index in [4.69, 9.17) is 5.73 Å². The largest absolute Gasteiger partial charge is 0.345 e. The fourth-order valence-corrected chi connectivity index (χ4v) is 3.23. The molecule has 0 aliphatic heterocycles. The Morgan fingerprint density at radius 1 is 1.26 bits per heavy atom. The smallest absolute Gasteiger partial charge is 0.226 e. The van der Waals surface area contributed by atoms with E-state index >= 15 is 0 Å². The number of nitrogens with zero attached hydrogens (tertiary/aromatic N) is 1. The van der Waals surface area contributed by atoms with Crippen LogP contribution in [0.3, 0.4) is 0 Å². The van der Waals surface area contributed by atoms with Crippen molar-refractivity contribution in [2.24, 2.45) is 17.6 Å². The van der Waals surface area contributed by atoms with Gasteiger partial charge in [0.1, 0.15) is 0 Å². The van der Waals surface area contributed by atoms with Gasteiger partial charge >= 0.3 is 0 Å². The molecule has 19 heavy (non-hydrogen) atoms. The first-order valence-corrected chi connectivity index (χ1v) is 7.20. The normalized spacial score (nSPS) is 32.5. The number of nitrogens with two attached hydrogens (primary N) is 1. The molecule has 1 amide bonds. The van der Waals surface area contributed by atoms with Crippen LogP contribution in [0.4, 0.5) is 0 Å². The van der Waals surface area contributed by atoms with Crippen LogP contribution in [0.5, 0.6) is 0 Å². The van der Waals surface area contributed by atoms with Gasteiger partial charge in [0, 0.05) is 25.6 Å². The minimum absolute atomic E-state index is 0.209. The monoisotopic (exact) mass is 258 g/mol. The number of hydrogen-bond acceptors (Lipinski definition) is 2. The third-order valence-corrected chi connectivity index (χ3v) is 4.52. The molecule has 2 saturated carbocycles. The zero-order valence-electron chi connectivity index (χ0n) is 11.5. The van der Waals surface area contributed by atoms with Gasteiger partial charge in [-0.1, -0.05) is 30.3 Å². The Bertz CT molecular complexity index is 453. The number of carbonyl (C=O) groups excluding carboxylic acids is 1. The third kappa shape index (κ3) is 2.66. The first-order valence-electron chi connectivity index (χ1n) is 7.20. The molecule has 0 radical (unpaired) electrons. The van der Waals surface area contributed by atoms with Crippen molar-refractivity contribution in [3.8, 4) is 0 Å². The minimum Gasteiger partial charge on any atom is -0.345 e. The summed E-state index contributed by atoms with van der Waals surface area (Å²) in [4.78, 5) is 14.3. The van der Waals surface area contributed by atoms with Crippen LogP contribution in [0.15, 0.2) is 30.3 Å². The van der Waals surface area contributed by atoms with Gasteiger partial charge in [-0.3, -0.25) is 4.79 Å². The number of benzene rings is 1. The van der Waals surface area contributed by atoms with Crippen LogP contribution >= 0.6 is 0 Å². The highest BCUT2D eigenvalue weighted by molar-refractivity contribution is 5.82. The van der Waals surface area contributed by atoms with Crippen molar-refractivity contribution in [3.05, 3.63) is 35.9 Å². The van der Waals surface area contributed by atoms with Gasteiger partial charge in [-0.25, -0.2) is 0 Å². The molecular weight excluding hydrogens is 236 g/mol. The van der Waals surface area contributed by atoms with Gasteiger partial charge in [0.25, 0.3) is 0 Å². The van der Waals surface area contributed by atoms with Gasteiger partial charge in [-0.05, 0) is 36.7 Å². The van der Waals surface area contributed by atoms with Crippen LogP contribution in [-0.4, -0.2) is 30.4 Å². The predicted octanol–water partition coefficient (Wildman–Crippen LogP) is 1.99. The molecule has 3 nitrogen and oxygen atoms in total. The van der Waals surface area contributed by atoms with Crippen LogP contribution in [0, 0.1) is 11.8 Å². The lowest BCUT2D eigenvalue weighted by molar-refractivity contribution is -0.132. The van der Waals surface area contributed by atoms with Crippen molar-refractivity contribution < 1.29 is 4.79 Å². The minimum atomic E-state index is 0.209. The molecule has 0 saturated heterocycles. The summed E-state index contributed by atoms with van der Waals surface area (Å²) in [6, 6.07) is 10.7. The quantitative estimate of drug-likeness (QED) is 0.897. The van der Waals surface area contributed by atoms with E-state index in [0.29, 0.717) is 23.8 Å². The summed E-state index contributed by atoms with van der Waals surface area (Å²) in [5, 5.41) is 0. The molecule has 1 aromatic rings. The lowest BCUT2D eigenvalue weighted by atomic mass is 9.80. The van der Waals surface area contributed by atoms with E-state index in [1.807, 2.05) is 18.0 Å². The fourth-order valence-electron chi connectivity index (χ4n) is 3.23. The topological polar surface area (TPSA) is 46.3 Å². The summed E-state index contributed by atoms with van der Waals surface area (Å²) >= 11 is 0. The molecule has 2 atom stereocenters. The lowest BCUT2D eigenvalue weighted by Gasteiger charge is -2.35. The number of rotatable bonds is 4. The number of amides is 1. The number of hydrogen-bond donors (Lipinski definition) is 1. The van der Waals surface area contributed by atoms with Crippen LogP contribution < -0.4 is 5.73 Å². The maximum absolute atomic E-state index is 12.3. The molecule has 2 fully saturated rings. The predicted molar refractivity (Wildman–Crippen MR) is 75.6 cm³/mol. The van der Waals surface area contributed by atoms with Gasteiger partial charge in [0.15, 0.2) is 0 Å². The fraction of sp³-hybridized carbons (Fsp3) is 0.562. The maximum Gasteiger partial charge on any atom is 0.226 e. The van der Waals surface area contributed by atoms with Crippen LogP contribution in [0.1, 0.15) is 30.7 Å². The van der Waals surface area contributed by atoms with Gasteiger partial charge in [0.05, 0.1) is 0 Å². The van der Waals surface area contributed by atoms with E-state index in [0.717, 1.165) is 25.8 Å². The Kier molecular flexibility index (Phi) is 3.31. The molecule has 0 bridgehead atoms. The Labute approximate surface area is 114 Å². The first-order chi connectivity index (χ1) is 9.15. The zero-order chi connectivity index (χ0) is 13.4. The summed E-state index contributed by atoms with van der Waals surface area (Å²) in [5.74, 6) is 1.59. The standard InChI is InChI=1S/C16H22N2O/c1-18(10-11-7-13(17)8-11)16(19)15-9-14(15)12-5-3-2-4-6-12/h2-6,11,13-15H,7-10,17H2,1H3. The molecule has 2 unspecified atom stereocenters. The van der Waals surface area contributed by atoms with E-state index < -0.39 is 0 Å². The molecule has 0 aromatic heterocycles. The molecule has 3 heteroatoms. The molecule has 102 valence electrons. The number of carbonyl (C=O) groups is 1. The average Bonchev–Trinajstić information content (AvgIpc) is 3.17. The first kappa shape index (κ1) is 12.7. The lowest BCUT2D eigenvalue weighted by Crippen LogP contribution is -2.43. The van der Waals surface area contributed by atoms with Crippen molar-refractivity contribution in [1.82, 2.24) is 4.90 Å². The second-order valence-corrected chi connectivity index (χ2v) is 6.18. The van der Waals surface area contributed by atoms with Crippen LogP contribution in [-0.2, 0) is 4.79 Å². The summed E-state index contributed by atoms with van der Waals surface area (Å²) in [5.41, 5.74) is 7.09. The highest BCUT2D eigenvalue weighted by Crippen LogP contribution is 2.48. The average molecular weight is 258 g/mol. The van der Waals surface area contributed by atoms with E-state index in [9.17, 15) is 4.79 Å². The molecule has 3 rings (SSSR count). The van der Waals surface area contributed by atoms with E-state index in [2.05, 4.69) is 24.3 Å². The van der Waals surface area contributed by atoms with Gasteiger partial charge in [-0.15, -0.1) is 0 Å². The second-order valence-electron chi connectivity index (χ2n) is 6.18. The Morgan fingerprint density at radius 2 is 1.95 bits per heavy atom. The summed E-state index contributed by atoms with van der Waals surface area (Å²) < 4.78 is 0. The van der Waals surface area contributed by atoms with E-state index in [1.165, 1.54) is 5.56 Å². The molecular formula is C16H22N2O. The van der Waals surface area contributed by atoms with Crippen molar-refractivity contribution >= 4 is 5.91 Å². The molecule has 2 aliphatic rings. The van der Waals surface area contributed by atoms with Crippen LogP contribution in [0.2, 0.25) is 0 Å². The molecule has 0 heterocycles. The summed E-state index contributed by atoms with van der Waals surface area (Å²) in [6.07, 6.45) is 3.16. The molecule has 1 aromatic carbocycles. The second kappa shape index (κ2) is 4.97. The highest BCUT2D eigenvalue weighted by Gasteiger charge is 2.45. The van der Waals surface area contributed by atoms with Gasteiger partial charge in [-0.2, -0.15) is 0 Å². The van der Waals surface area contributed by atoms with Crippen molar-refractivity contribution in [2.45, 2.75) is 31.2 Å². The summed E-state index contributed by atoms with van der Waals surface area (Å²) in [7, 11) is 1.94. The maximum atomic E-state index is 12.3. The molecule has 0 spiro atoms. The van der Waals surface area contributed by atoms with E-state index in [1.54, 1.807) is 0 Å². The SMILES string of the molecule is CN(CC1CC(N)C1)C(=O)C1CC1c1ccccc1. The van der Waals surface area contributed by atoms with Crippen molar-refractivity contribution in [1.29, 1.82) is 0 Å². The van der Waals surface area contributed by atoms with Gasteiger partial charge < -0.3 is 10.6 Å². The highest BCUT2D eigenvalue weighted by atomic mass is 16.2. The third-order valence-electron chi connectivity index (χ3n) is 4.52. The zero-order valence-corrected chi connectivity index (χ0v) is 11.5.